The molecule has 0 bridgehead atoms. The maximum absolute atomic E-state index is 10.9. The van der Waals surface area contributed by atoms with Crippen LogP contribution in [0.4, 0.5) is 0 Å². The molecule has 0 aromatic carbocycles. The first kappa shape index (κ1) is 10.5. The van der Waals surface area contributed by atoms with Crippen LogP contribution in [0.5, 0.6) is 0 Å². The van der Waals surface area contributed by atoms with E-state index in [0.29, 0.717) is 24.9 Å². The molecule has 0 amide bonds. The van der Waals surface area contributed by atoms with E-state index in [1.54, 1.807) is 0 Å². The highest BCUT2D eigenvalue weighted by atomic mass is 16.5. The predicted octanol–water partition coefficient (Wildman–Crippen LogP) is 2.23. The smallest absolute Gasteiger partial charge is 0.306 e. The van der Waals surface area contributed by atoms with E-state index in [4.69, 9.17) is 4.74 Å². The SMILES string of the molecule is CCOC(=O)CC(C)C(C)C. The number of ether oxygens (including phenoxy) is 1. The van der Waals surface area contributed by atoms with Gasteiger partial charge in [-0.15, -0.1) is 0 Å². The van der Waals surface area contributed by atoms with Crippen LogP contribution in [0.2, 0.25) is 0 Å². The van der Waals surface area contributed by atoms with Crippen molar-refractivity contribution < 1.29 is 9.53 Å². The highest BCUT2D eigenvalue weighted by Crippen LogP contribution is 2.14. The second-order valence-electron chi connectivity index (χ2n) is 3.23. The van der Waals surface area contributed by atoms with Crippen LogP contribution in [0.3, 0.4) is 0 Å². The van der Waals surface area contributed by atoms with Crippen molar-refractivity contribution in [2.24, 2.45) is 11.8 Å². The lowest BCUT2D eigenvalue weighted by Crippen LogP contribution is -2.13. The summed E-state index contributed by atoms with van der Waals surface area (Å²) in [4.78, 5) is 10.9. The monoisotopic (exact) mass is 158 g/mol. The topological polar surface area (TPSA) is 26.3 Å². The summed E-state index contributed by atoms with van der Waals surface area (Å²) in [5, 5.41) is 0. The van der Waals surface area contributed by atoms with Crippen LogP contribution in [0.15, 0.2) is 0 Å². The quantitative estimate of drug-likeness (QED) is 0.586. The van der Waals surface area contributed by atoms with Crippen LogP contribution in [0, 0.1) is 11.8 Å². The summed E-state index contributed by atoms with van der Waals surface area (Å²) in [6.45, 7) is 8.62. The van der Waals surface area contributed by atoms with Crippen molar-refractivity contribution in [3.63, 3.8) is 0 Å². The van der Waals surface area contributed by atoms with E-state index >= 15 is 0 Å². The first-order valence-corrected chi connectivity index (χ1v) is 4.23. The van der Waals surface area contributed by atoms with Crippen LogP contribution < -0.4 is 0 Å². The molecule has 0 aromatic rings. The summed E-state index contributed by atoms with van der Waals surface area (Å²) in [6, 6.07) is 0. The summed E-state index contributed by atoms with van der Waals surface area (Å²) in [5.41, 5.74) is 0. The molecule has 0 aromatic heterocycles. The highest BCUT2D eigenvalue weighted by molar-refractivity contribution is 5.69. The molecule has 0 aliphatic heterocycles. The molecule has 11 heavy (non-hydrogen) atoms. The van der Waals surface area contributed by atoms with E-state index < -0.39 is 0 Å². The van der Waals surface area contributed by atoms with E-state index in [2.05, 4.69) is 20.8 Å². The lowest BCUT2D eigenvalue weighted by atomic mass is 9.95. The highest BCUT2D eigenvalue weighted by Gasteiger charge is 2.12. The molecule has 0 fully saturated rings. The minimum absolute atomic E-state index is 0.0753. The molecule has 1 atom stereocenters. The molecular weight excluding hydrogens is 140 g/mol. The Labute approximate surface area is 68.9 Å². The van der Waals surface area contributed by atoms with Gasteiger partial charge in [0.05, 0.1) is 6.61 Å². The number of carbonyl (C=O) groups is 1. The standard InChI is InChI=1S/C9H18O2/c1-5-11-9(10)6-8(4)7(2)3/h7-8H,5-6H2,1-4H3. The van der Waals surface area contributed by atoms with E-state index in [0.717, 1.165) is 0 Å². The van der Waals surface area contributed by atoms with Crippen molar-refractivity contribution >= 4 is 5.97 Å². The Kier molecular flexibility index (Phi) is 4.92. The molecule has 66 valence electrons. The van der Waals surface area contributed by atoms with Crippen LogP contribution >= 0.6 is 0 Å². The second kappa shape index (κ2) is 5.16. The van der Waals surface area contributed by atoms with Gasteiger partial charge in [0.15, 0.2) is 0 Å². The molecule has 0 aliphatic carbocycles. The Morgan fingerprint density at radius 1 is 1.36 bits per heavy atom. The van der Waals surface area contributed by atoms with Crippen LogP contribution in [-0.2, 0) is 9.53 Å². The Balaban J connectivity index is 3.57. The number of rotatable bonds is 4. The van der Waals surface area contributed by atoms with Gasteiger partial charge >= 0.3 is 5.97 Å². The molecular formula is C9H18O2. The predicted molar refractivity (Wildman–Crippen MR) is 45.3 cm³/mol. The molecule has 0 heterocycles. The van der Waals surface area contributed by atoms with Gasteiger partial charge in [-0.25, -0.2) is 0 Å². The van der Waals surface area contributed by atoms with Crippen molar-refractivity contribution in [1.82, 2.24) is 0 Å². The lowest BCUT2D eigenvalue weighted by Gasteiger charge is -2.13. The van der Waals surface area contributed by atoms with Crippen molar-refractivity contribution in [2.45, 2.75) is 34.1 Å². The molecule has 0 N–H and O–H groups in total. The fourth-order valence-corrected chi connectivity index (χ4v) is 0.719. The zero-order valence-corrected chi connectivity index (χ0v) is 7.89. The lowest BCUT2D eigenvalue weighted by molar-refractivity contribution is -0.144. The Morgan fingerprint density at radius 3 is 2.27 bits per heavy atom. The zero-order valence-electron chi connectivity index (χ0n) is 7.89. The molecule has 0 aliphatic rings. The third-order valence-corrected chi connectivity index (χ3v) is 1.93. The normalized spacial score (nSPS) is 13.2. The van der Waals surface area contributed by atoms with E-state index in [-0.39, 0.29) is 5.97 Å². The van der Waals surface area contributed by atoms with Crippen molar-refractivity contribution in [3.05, 3.63) is 0 Å². The summed E-state index contributed by atoms with van der Waals surface area (Å²) in [7, 11) is 0. The van der Waals surface area contributed by atoms with E-state index in [9.17, 15) is 4.79 Å². The molecule has 2 nitrogen and oxygen atoms in total. The maximum atomic E-state index is 10.9. The molecule has 0 saturated heterocycles. The van der Waals surface area contributed by atoms with Crippen LogP contribution in [0.25, 0.3) is 0 Å². The number of carbonyl (C=O) groups excluding carboxylic acids is 1. The van der Waals surface area contributed by atoms with Gasteiger partial charge in [-0.2, -0.15) is 0 Å². The molecule has 1 unspecified atom stereocenters. The van der Waals surface area contributed by atoms with E-state index in [1.807, 2.05) is 6.92 Å². The first-order chi connectivity index (χ1) is 5.07. The largest absolute Gasteiger partial charge is 0.466 e. The average molecular weight is 158 g/mol. The summed E-state index contributed by atoms with van der Waals surface area (Å²) in [5.74, 6) is 0.905. The minimum atomic E-state index is -0.0753. The number of hydrogen-bond acceptors (Lipinski definition) is 2. The molecule has 0 radical (unpaired) electrons. The second-order valence-corrected chi connectivity index (χ2v) is 3.23. The van der Waals surface area contributed by atoms with Gasteiger partial charge in [-0.05, 0) is 18.8 Å². The van der Waals surface area contributed by atoms with Gasteiger partial charge in [-0.1, -0.05) is 20.8 Å². The van der Waals surface area contributed by atoms with Gasteiger partial charge in [0.2, 0.25) is 0 Å². The molecule has 0 rings (SSSR count). The van der Waals surface area contributed by atoms with Gasteiger partial charge < -0.3 is 4.74 Å². The Hall–Kier alpha value is -0.530. The summed E-state index contributed by atoms with van der Waals surface area (Å²) >= 11 is 0. The zero-order chi connectivity index (χ0) is 8.85. The third-order valence-electron chi connectivity index (χ3n) is 1.93. The van der Waals surface area contributed by atoms with Crippen molar-refractivity contribution in [2.75, 3.05) is 6.61 Å². The number of hydrogen-bond donors (Lipinski definition) is 0. The van der Waals surface area contributed by atoms with E-state index in [1.165, 1.54) is 0 Å². The van der Waals surface area contributed by atoms with Gasteiger partial charge in [0.1, 0.15) is 0 Å². The molecule has 0 saturated carbocycles. The van der Waals surface area contributed by atoms with Crippen LogP contribution in [0.1, 0.15) is 34.1 Å². The van der Waals surface area contributed by atoms with Crippen LogP contribution in [-0.4, -0.2) is 12.6 Å². The van der Waals surface area contributed by atoms with Gasteiger partial charge in [-0.3, -0.25) is 4.79 Å². The average Bonchev–Trinajstić information content (AvgIpc) is 1.87. The van der Waals surface area contributed by atoms with Gasteiger partial charge in [0, 0.05) is 6.42 Å². The van der Waals surface area contributed by atoms with Crippen molar-refractivity contribution in [1.29, 1.82) is 0 Å². The Morgan fingerprint density at radius 2 is 1.91 bits per heavy atom. The fourth-order valence-electron chi connectivity index (χ4n) is 0.719. The van der Waals surface area contributed by atoms with Crippen molar-refractivity contribution in [3.8, 4) is 0 Å². The molecule has 2 heteroatoms. The Bertz CT molecular complexity index is 119. The summed E-state index contributed by atoms with van der Waals surface area (Å²) < 4.78 is 4.82. The third kappa shape index (κ3) is 4.82. The van der Waals surface area contributed by atoms with Gasteiger partial charge in [0.25, 0.3) is 0 Å². The maximum Gasteiger partial charge on any atom is 0.306 e. The minimum Gasteiger partial charge on any atom is -0.466 e. The first-order valence-electron chi connectivity index (χ1n) is 4.23. The molecule has 0 spiro atoms. The summed E-state index contributed by atoms with van der Waals surface area (Å²) in [6.07, 6.45) is 0.547. The fraction of sp³-hybridized carbons (Fsp3) is 0.889. The number of esters is 1.